The van der Waals surface area contributed by atoms with Gasteiger partial charge in [-0.25, -0.2) is 4.98 Å². The number of carbonyl (C=O) groups is 1. The molecule has 0 saturated carbocycles. The molecule has 11 heteroatoms. The number of halogens is 1. The second-order valence-electron chi connectivity index (χ2n) is 9.00. The summed E-state index contributed by atoms with van der Waals surface area (Å²) in [6.45, 7) is 0.341. The molecule has 5 rings (SSSR count). The van der Waals surface area contributed by atoms with E-state index in [9.17, 15) is 4.79 Å². The third-order valence-corrected chi connectivity index (χ3v) is 7.91. The number of aromatic amines is 1. The van der Waals surface area contributed by atoms with Crippen LogP contribution in [0.3, 0.4) is 0 Å². The molecule has 1 amide bonds. The molecule has 0 aliphatic carbocycles. The molecule has 0 spiro atoms. The summed E-state index contributed by atoms with van der Waals surface area (Å²) in [6.07, 6.45) is 2.23. The Labute approximate surface area is 263 Å². The average molecular weight is 582 g/mol. The Morgan fingerprint density at radius 3 is 2.70 bits per heavy atom. The third kappa shape index (κ3) is 8.05. The van der Waals surface area contributed by atoms with Gasteiger partial charge in [0.2, 0.25) is 5.91 Å². The topological polar surface area (TPSA) is 120 Å². The first-order valence-corrected chi connectivity index (χ1v) is 14.0. The Hall–Kier alpha value is -2.95. The predicted octanol–water partition coefficient (Wildman–Crippen LogP) is 5.35. The first kappa shape index (κ1) is 30.0. The smallest absolute Gasteiger partial charge is 0.248 e. The zero-order chi connectivity index (χ0) is 27.0. The van der Waals surface area contributed by atoms with Crippen molar-refractivity contribution in [3.8, 4) is 5.75 Å². The fourth-order valence-corrected chi connectivity index (χ4v) is 5.74. The number of carbonyl (C=O) groups excluding carboxylic acids is 1. The summed E-state index contributed by atoms with van der Waals surface area (Å²) in [5, 5.41) is 16.1. The number of benzene rings is 3. The van der Waals surface area contributed by atoms with Crippen molar-refractivity contribution in [3.05, 3.63) is 112 Å². The quantitative estimate of drug-likeness (QED) is 0.191. The first-order chi connectivity index (χ1) is 19.0. The van der Waals surface area contributed by atoms with Gasteiger partial charge in [0, 0.05) is 63.0 Å². The molecule has 40 heavy (non-hydrogen) atoms. The zero-order valence-corrected chi connectivity index (χ0v) is 25.7. The van der Waals surface area contributed by atoms with Crippen LogP contribution < -0.4 is 10.5 Å². The Bertz CT molecular complexity index is 1570. The number of hydrogen-bond acceptors (Lipinski definition) is 7. The number of H-pyrrole nitrogens is 1. The number of aromatic nitrogens is 5. The van der Waals surface area contributed by atoms with Crippen molar-refractivity contribution in [1.82, 2.24) is 25.6 Å². The van der Waals surface area contributed by atoms with E-state index in [4.69, 9.17) is 22.1 Å². The first-order valence-electron chi connectivity index (χ1n) is 12.5. The Morgan fingerprint density at radius 1 is 1.02 bits per heavy atom. The van der Waals surface area contributed by atoms with E-state index in [2.05, 4.69) is 37.7 Å². The molecule has 0 aliphatic rings. The van der Waals surface area contributed by atoms with Gasteiger partial charge in [-0.2, -0.15) is 17.0 Å². The molecule has 3 aromatic carbocycles. The maximum atomic E-state index is 11.9. The molecule has 0 saturated heterocycles. The minimum Gasteiger partial charge on any atom is -0.487 e. The number of ether oxygens (including phenoxy) is 1. The molecule has 1 atom stereocenters. The second kappa shape index (κ2) is 14.6. The molecule has 8 nitrogen and oxygen atoms in total. The molecule has 3 N–H and O–H groups in total. The number of nitrogens with zero attached hydrogens (tertiary/aromatic N) is 4. The van der Waals surface area contributed by atoms with Crippen molar-refractivity contribution in [2.24, 2.45) is 5.73 Å². The number of hydrogen-bond donors (Lipinski definition) is 2. The van der Waals surface area contributed by atoms with E-state index in [1.165, 1.54) is 0 Å². The van der Waals surface area contributed by atoms with E-state index in [0.717, 1.165) is 45.6 Å². The molecule has 0 aliphatic heterocycles. The van der Waals surface area contributed by atoms with Crippen LogP contribution in [-0.2, 0) is 19.4 Å². The van der Waals surface area contributed by atoms with Crippen LogP contribution in [0.15, 0.2) is 78.9 Å². The maximum absolute atomic E-state index is 11.9. The van der Waals surface area contributed by atoms with E-state index in [0.29, 0.717) is 35.9 Å². The standard InChI is InChI=1S/C29H27ClN6O2S.Na/c30-22-11-8-20-9-12-23(32-26(20)17-22)18-38-24-6-3-5-21(16-24)27(39-15-14-28-33-35-36-34-28)13-10-19-4-1-2-7-25(19)29(31)37;/h1-9,11-12,16-17,27H,10,13-15,18H2,(H2,31,37)(H,33,34,35,36);. The second-order valence-corrected chi connectivity index (χ2v) is 10.7. The number of tetrazole rings is 1. The zero-order valence-electron chi connectivity index (χ0n) is 22.1. The number of nitrogens with two attached hydrogens (primary N) is 1. The van der Waals surface area contributed by atoms with Gasteiger partial charge in [-0.3, -0.25) is 4.79 Å². The number of amides is 1. The molecule has 1 unspecified atom stereocenters. The van der Waals surface area contributed by atoms with Crippen molar-refractivity contribution < 1.29 is 9.53 Å². The predicted molar refractivity (Wildman–Crippen MR) is 160 cm³/mol. The number of aryl methyl sites for hydroxylation is 2. The summed E-state index contributed by atoms with van der Waals surface area (Å²) in [6, 6.07) is 25.3. The van der Waals surface area contributed by atoms with Gasteiger partial charge in [-0.15, -0.1) is 10.2 Å². The number of rotatable bonds is 12. The largest absolute Gasteiger partial charge is 0.487 e. The number of pyridine rings is 1. The van der Waals surface area contributed by atoms with E-state index in [1.54, 1.807) is 6.07 Å². The van der Waals surface area contributed by atoms with Gasteiger partial charge >= 0.3 is 0 Å². The summed E-state index contributed by atoms with van der Waals surface area (Å²) >= 11 is 7.95. The molecule has 1 radical (unpaired) electrons. The fourth-order valence-electron chi connectivity index (χ4n) is 4.37. The van der Waals surface area contributed by atoms with E-state index >= 15 is 0 Å². The van der Waals surface area contributed by atoms with Crippen LogP contribution in [-0.4, -0.2) is 66.8 Å². The van der Waals surface area contributed by atoms with Crippen LogP contribution >= 0.6 is 23.4 Å². The molecule has 0 fully saturated rings. The van der Waals surface area contributed by atoms with E-state index in [1.807, 2.05) is 72.4 Å². The maximum Gasteiger partial charge on any atom is 0.248 e. The summed E-state index contributed by atoms with van der Waals surface area (Å²) in [7, 11) is 0. The number of thioether (sulfide) groups is 1. The average Bonchev–Trinajstić information content (AvgIpc) is 3.47. The van der Waals surface area contributed by atoms with Gasteiger partial charge in [0.15, 0.2) is 5.82 Å². The SMILES string of the molecule is NC(=O)c1ccccc1CCC(SCCc1nn[nH]n1)c1cccc(OCc2ccc3ccc(Cl)cc3n2)c1.[Na]. The molecule has 0 bridgehead atoms. The summed E-state index contributed by atoms with van der Waals surface area (Å²) in [5.41, 5.74) is 9.92. The van der Waals surface area contributed by atoms with Gasteiger partial charge in [0.05, 0.1) is 11.2 Å². The molecule has 5 aromatic rings. The van der Waals surface area contributed by atoms with Crippen LogP contribution in [0.25, 0.3) is 10.9 Å². The fraction of sp³-hybridized carbons (Fsp3) is 0.207. The number of fused-ring (bicyclic) bond motifs is 1. The van der Waals surface area contributed by atoms with Crippen molar-refractivity contribution in [1.29, 1.82) is 0 Å². The van der Waals surface area contributed by atoms with Crippen LogP contribution in [0, 0.1) is 0 Å². The van der Waals surface area contributed by atoms with E-state index < -0.39 is 5.91 Å². The Morgan fingerprint density at radius 2 is 1.88 bits per heavy atom. The van der Waals surface area contributed by atoms with Crippen LogP contribution in [0.5, 0.6) is 5.75 Å². The summed E-state index contributed by atoms with van der Waals surface area (Å²) in [4.78, 5) is 16.6. The molecule has 2 aromatic heterocycles. The minimum absolute atomic E-state index is 0. The normalized spacial score (nSPS) is 11.6. The van der Waals surface area contributed by atoms with Crippen molar-refractivity contribution in [2.45, 2.75) is 31.1 Å². The Kier molecular flexibility index (Phi) is 11.0. The summed E-state index contributed by atoms with van der Waals surface area (Å²) < 4.78 is 6.14. The molecule has 199 valence electrons. The van der Waals surface area contributed by atoms with Crippen molar-refractivity contribution in [3.63, 3.8) is 0 Å². The van der Waals surface area contributed by atoms with Crippen LogP contribution in [0.4, 0.5) is 0 Å². The molecule has 2 heterocycles. The van der Waals surface area contributed by atoms with E-state index in [-0.39, 0.29) is 34.8 Å². The van der Waals surface area contributed by atoms with Crippen molar-refractivity contribution >= 4 is 69.7 Å². The minimum atomic E-state index is -0.410. The van der Waals surface area contributed by atoms with Crippen LogP contribution in [0.2, 0.25) is 5.02 Å². The van der Waals surface area contributed by atoms with Gasteiger partial charge in [-0.1, -0.05) is 59.3 Å². The van der Waals surface area contributed by atoms with Gasteiger partial charge in [0.25, 0.3) is 0 Å². The molecular formula is C29H27ClN6NaO2S. The molecular weight excluding hydrogens is 555 g/mol. The van der Waals surface area contributed by atoms with Gasteiger partial charge < -0.3 is 10.5 Å². The van der Waals surface area contributed by atoms with Gasteiger partial charge in [-0.05, 0) is 60.4 Å². The van der Waals surface area contributed by atoms with Gasteiger partial charge in [0.1, 0.15) is 12.4 Å². The number of nitrogens with one attached hydrogen (secondary N) is 1. The third-order valence-electron chi connectivity index (χ3n) is 6.32. The summed E-state index contributed by atoms with van der Waals surface area (Å²) in [5.74, 6) is 1.85. The number of primary amides is 1. The monoisotopic (exact) mass is 581 g/mol. The Balaban J connectivity index is 0.00000370. The van der Waals surface area contributed by atoms with Crippen LogP contribution in [0.1, 0.15) is 44.7 Å². The van der Waals surface area contributed by atoms with Crippen molar-refractivity contribution in [2.75, 3.05) is 5.75 Å².